The van der Waals surface area contributed by atoms with Gasteiger partial charge in [0.2, 0.25) is 5.89 Å². The number of nitrogens with zero attached hydrogens (tertiary/aromatic N) is 2. The third-order valence-electron chi connectivity index (χ3n) is 2.74. The lowest BCUT2D eigenvalue weighted by molar-refractivity contribution is 0.614. The number of aryl methyl sites for hydroxylation is 1. The van der Waals surface area contributed by atoms with Crippen LogP contribution in [0.25, 0.3) is 22.7 Å². The fourth-order valence-electron chi connectivity index (χ4n) is 1.84. The number of thiazole rings is 1. The first-order chi connectivity index (χ1) is 8.78. The van der Waals surface area contributed by atoms with E-state index in [1.165, 1.54) is 0 Å². The average molecular weight is 259 g/mol. The number of hydrogen-bond donors (Lipinski definition) is 1. The largest absolute Gasteiger partial charge is 0.434 e. The number of nitrogens with two attached hydrogens (primary N) is 1. The van der Waals surface area contributed by atoms with Crippen molar-refractivity contribution in [2.75, 3.05) is 6.54 Å². The predicted octanol–water partition coefficient (Wildman–Crippen LogP) is 2.76. The van der Waals surface area contributed by atoms with Gasteiger partial charge in [-0.2, -0.15) is 0 Å². The van der Waals surface area contributed by atoms with E-state index in [0.717, 1.165) is 33.8 Å². The molecule has 2 aromatic heterocycles. The Balaban J connectivity index is 2.05. The molecule has 0 aliphatic carbocycles. The van der Waals surface area contributed by atoms with Crippen molar-refractivity contribution >= 4 is 22.4 Å². The molecule has 0 atom stereocenters. The van der Waals surface area contributed by atoms with Gasteiger partial charge >= 0.3 is 0 Å². The molecule has 2 heterocycles. The van der Waals surface area contributed by atoms with Crippen LogP contribution >= 0.6 is 11.3 Å². The molecule has 4 nitrogen and oxygen atoms in total. The van der Waals surface area contributed by atoms with Crippen molar-refractivity contribution in [3.8, 4) is 11.6 Å². The van der Waals surface area contributed by atoms with Crippen LogP contribution in [-0.2, 0) is 6.42 Å². The van der Waals surface area contributed by atoms with E-state index in [9.17, 15) is 0 Å². The van der Waals surface area contributed by atoms with E-state index in [0.29, 0.717) is 12.4 Å². The van der Waals surface area contributed by atoms with Gasteiger partial charge in [-0.25, -0.2) is 9.97 Å². The summed E-state index contributed by atoms with van der Waals surface area (Å²) in [6, 6.07) is 5.94. The molecule has 0 aliphatic rings. The maximum Gasteiger partial charge on any atom is 0.247 e. The van der Waals surface area contributed by atoms with E-state index in [1.54, 1.807) is 11.3 Å². The lowest BCUT2D eigenvalue weighted by Gasteiger charge is -1.90. The Morgan fingerprint density at radius 1 is 1.33 bits per heavy atom. The first-order valence-electron chi connectivity index (χ1n) is 5.79. The van der Waals surface area contributed by atoms with Gasteiger partial charge in [0.1, 0.15) is 11.2 Å². The zero-order valence-electron chi connectivity index (χ0n) is 10.0. The number of para-hydroxylation sites is 1. The maximum absolute atomic E-state index is 5.78. The number of benzene rings is 1. The number of hydrogen-bond acceptors (Lipinski definition) is 5. The Morgan fingerprint density at radius 2 is 2.22 bits per heavy atom. The Hall–Kier alpha value is -1.72. The van der Waals surface area contributed by atoms with E-state index in [1.807, 2.05) is 30.5 Å². The Bertz CT molecular complexity index is 686. The highest BCUT2D eigenvalue weighted by molar-refractivity contribution is 7.09. The molecule has 18 heavy (non-hydrogen) atoms. The van der Waals surface area contributed by atoms with Crippen molar-refractivity contribution in [2.24, 2.45) is 5.73 Å². The van der Waals surface area contributed by atoms with Gasteiger partial charge in [-0.15, -0.1) is 11.3 Å². The van der Waals surface area contributed by atoms with Crippen molar-refractivity contribution in [1.29, 1.82) is 0 Å². The molecule has 0 saturated heterocycles. The van der Waals surface area contributed by atoms with Gasteiger partial charge in [0.05, 0.1) is 5.01 Å². The highest BCUT2D eigenvalue weighted by atomic mass is 32.1. The summed E-state index contributed by atoms with van der Waals surface area (Å²) in [5, 5.41) is 2.98. The Morgan fingerprint density at radius 3 is 3.00 bits per heavy atom. The third kappa shape index (κ3) is 1.91. The minimum absolute atomic E-state index is 0.582. The SMILES string of the molecule is Cc1cccc2nc(-c3csc(CCN)n3)oc12. The molecule has 1 aromatic carbocycles. The molecule has 0 saturated carbocycles. The van der Waals surface area contributed by atoms with E-state index in [4.69, 9.17) is 10.2 Å². The van der Waals surface area contributed by atoms with E-state index < -0.39 is 0 Å². The monoisotopic (exact) mass is 259 g/mol. The zero-order chi connectivity index (χ0) is 12.5. The van der Waals surface area contributed by atoms with Crippen LogP contribution < -0.4 is 5.73 Å². The van der Waals surface area contributed by atoms with Gasteiger partial charge in [0.15, 0.2) is 5.58 Å². The smallest absolute Gasteiger partial charge is 0.247 e. The van der Waals surface area contributed by atoms with Crippen molar-refractivity contribution in [1.82, 2.24) is 9.97 Å². The average Bonchev–Trinajstić information content (AvgIpc) is 2.96. The summed E-state index contributed by atoms with van der Waals surface area (Å²) in [4.78, 5) is 8.94. The first kappa shape index (κ1) is 11.4. The maximum atomic E-state index is 5.78. The second-order valence-electron chi connectivity index (χ2n) is 4.11. The van der Waals surface area contributed by atoms with Crippen molar-refractivity contribution < 1.29 is 4.42 Å². The van der Waals surface area contributed by atoms with Gasteiger partial charge in [-0.1, -0.05) is 12.1 Å². The van der Waals surface area contributed by atoms with Gasteiger partial charge in [0, 0.05) is 11.8 Å². The lowest BCUT2D eigenvalue weighted by atomic mass is 10.2. The topological polar surface area (TPSA) is 64.9 Å². The summed E-state index contributed by atoms with van der Waals surface area (Å²) >= 11 is 1.59. The minimum Gasteiger partial charge on any atom is -0.434 e. The van der Waals surface area contributed by atoms with E-state index >= 15 is 0 Å². The van der Waals surface area contributed by atoms with Crippen LogP contribution in [0.3, 0.4) is 0 Å². The van der Waals surface area contributed by atoms with Gasteiger partial charge in [-0.05, 0) is 25.1 Å². The molecule has 0 bridgehead atoms. The second kappa shape index (κ2) is 4.51. The molecule has 0 amide bonds. The summed E-state index contributed by atoms with van der Waals surface area (Å²) in [6.45, 7) is 2.62. The van der Waals surface area contributed by atoms with Crippen LogP contribution in [0.5, 0.6) is 0 Å². The van der Waals surface area contributed by atoms with Crippen LogP contribution in [0.15, 0.2) is 28.0 Å². The Kier molecular flexibility index (Phi) is 2.85. The van der Waals surface area contributed by atoms with Crippen molar-refractivity contribution in [3.05, 3.63) is 34.2 Å². The lowest BCUT2D eigenvalue weighted by Crippen LogP contribution is -2.01. The molecule has 2 N–H and O–H groups in total. The van der Waals surface area contributed by atoms with Crippen LogP contribution in [0.2, 0.25) is 0 Å². The molecular formula is C13H13N3OS. The molecule has 0 unspecified atom stereocenters. The summed E-state index contributed by atoms with van der Waals surface area (Å²) in [5.41, 5.74) is 9.10. The van der Waals surface area contributed by atoms with E-state index in [-0.39, 0.29) is 0 Å². The molecule has 0 radical (unpaired) electrons. The fourth-order valence-corrected chi connectivity index (χ4v) is 2.63. The third-order valence-corrected chi connectivity index (χ3v) is 3.65. The fraction of sp³-hybridized carbons (Fsp3) is 0.231. The summed E-state index contributed by atoms with van der Waals surface area (Å²) in [7, 11) is 0. The van der Waals surface area contributed by atoms with Crippen molar-refractivity contribution in [2.45, 2.75) is 13.3 Å². The van der Waals surface area contributed by atoms with Gasteiger partial charge < -0.3 is 10.2 Å². The molecule has 3 aromatic rings. The first-order valence-corrected chi connectivity index (χ1v) is 6.67. The van der Waals surface area contributed by atoms with E-state index in [2.05, 4.69) is 9.97 Å². The second-order valence-corrected chi connectivity index (χ2v) is 5.05. The summed E-state index contributed by atoms with van der Waals surface area (Å²) in [5.74, 6) is 0.582. The number of fused-ring (bicyclic) bond motifs is 1. The normalized spacial score (nSPS) is 11.2. The highest BCUT2D eigenvalue weighted by Crippen LogP contribution is 2.27. The highest BCUT2D eigenvalue weighted by Gasteiger charge is 2.12. The van der Waals surface area contributed by atoms with Gasteiger partial charge in [0.25, 0.3) is 0 Å². The number of aromatic nitrogens is 2. The van der Waals surface area contributed by atoms with Crippen molar-refractivity contribution in [3.63, 3.8) is 0 Å². The number of rotatable bonds is 3. The standard InChI is InChI=1S/C13H13N3OS/c1-8-3-2-4-9-12(8)17-13(16-9)10-7-18-11(15-10)5-6-14/h2-4,7H,5-6,14H2,1H3. The minimum atomic E-state index is 0.582. The molecule has 0 spiro atoms. The molecule has 5 heteroatoms. The molecule has 3 rings (SSSR count). The molecule has 0 aliphatic heterocycles. The molecular weight excluding hydrogens is 246 g/mol. The van der Waals surface area contributed by atoms with Gasteiger partial charge in [-0.3, -0.25) is 0 Å². The quantitative estimate of drug-likeness (QED) is 0.785. The predicted molar refractivity (Wildman–Crippen MR) is 72.6 cm³/mol. The van der Waals surface area contributed by atoms with Crippen LogP contribution in [0.4, 0.5) is 0 Å². The van der Waals surface area contributed by atoms with Crippen LogP contribution in [0.1, 0.15) is 10.6 Å². The molecule has 92 valence electrons. The number of oxazole rings is 1. The van der Waals surface area contributed by atoms with Crippen LogP contribution in [-0.4, -0.2) is 16.5 Å². The van der Waals surface area contributed by atoms with Crippen LogP contribution in [0, 0.1) is 6.92 Å². The summed E-state index contributed by atoms with van der Waals surface area (Å²) in [6.07, 6.45) is 0.796. The molecule has 0 fully saturated rings. The Labute approximate surface area is 108 Å². The summed E-state index contributed by atoms with van der Waals surface area (Å²) < 4.78 is 5.78. The zero-order valence-corrected chi connectivity index (χ0v) is 10.8.